The van der Waals surface area contributed by atoms with E-state index in [1.807, 2.05) is 37.2 Å². The van der Waals surface area contributed by atoms with E-state index < -0.39 is 5.97 Å². The second-order valence-corrected chi connectivity index (χ2v) is 4.67. The van der Waals surface area contributed by atoms with Crippen LogP contribution in [-0.2, 0) is 0 Å². The van der Waals surface area contributed by atoms with Gasteiger partial charge >= 0.3 is 5.97 Å². The number of H-pyrrole nitrogens is 1. The van der Waals surface area contributed by atoms with E-state index in [1.165, 1.54) is 0 Å². The number of carboxylic acids is 1. The van der Waals surface area contributed by atoms with Crippen molar-refractivity contribution in [2.45, 2.75) is 0 Å². The fourth-order valence-electron chi connectivity index (χ4n) is 2.18. The number of benzene rings is 1. The number of aromatic nitrogens is 2. The van der Waals surface area contributed by atoms with Crippen LogP contribution in [0.5, 0.6) is 0 Å². The van der Waals surface area contributed by atoms with Crippen molar-refractivity contribution in [2.75, 3.05) is 19.0 Å². The van der Waals surface area contributed by atoms with Crippen molar-refractivity contribution in [1.82, 2.24) is 9.97 Å². The van der Waals surface area contributed by atoms with E-state index in [4.69, 9.17) is 5.11 Å². The summed E-state index contributed by atoms with van der Waals surface area (Å²) in [4.78, 5) is 20.2. The molecule has 3 rings (SSSR count). The van der Waals surface area contributed by atoms with Crippen molar-refractivity contribution >= 4 is 33.5 Å². The predicted octanol–water partition coefficient (Wildman–Crippen LogP) is 2.48. The quantitative estimate of drug-likeness (QED) is 0.738. The molecule has 0 unspecified atom stereocenters. The Morgan fingerprint density at radius 1 is 1.21 bits per heavy atom. The van der Waals surface area contributed by atoms with Crippen LogP contribution in [0, 0.1) is 0 Å². The Morgan fingerprint density at radius 2 is 1.95 bits per heavy atom. The summed E-state index contributed by atoms with van der Waals surface area (Å²) in [6, 6.07) is 7.66. The number of carbonyl (C=O) groups is 1. The molecule has 0 fully saturated rings. The zero-order valence-electron chi connectivity index (χ0n) is 10.6. The Morgan fingerprint density at radius 3 is 2.63 bits per heavy atom. The first-order valence-corrected chi connectivity index (χ1v) is 5.88. The summed E-state index contributed by atoms with van der Waals surface area (Å²) in [7, 11) is 3.94. The number of aromatic amines is 1. The van der Waals surface area contributed by atoms with E-state index in [1.54, 1.807) is 12.3 Å². The zero-order chi connectivity index (χ0) is 13.6. The first kappa shape index (κ1) is 11.5. The maximum Gasteiger partial charge on any atom is 0.354 e. The second-order valence-electron chi connectivity index (χ2n) is 4.67. The summed E-state index contributed by atoms with van der Waals surface area (Å²) in [6.07, 6.45) is 1.56. The molecule has 0 bridgehead atoms. The molecule has 0 saturated carbocycles. The van der Waals surface area contributed by atoms with Gasteiger partial charge in [-0.3, -0.25) is 0 Å². The van der Waals surface area contributed by atoms with Gasteiger partial charge in [-0.05, 0) is 24.3 Å². The molecule has 5 heteroatoms. The van der Waals surface area contributed by atoms with Crippen molar-refractivity contribution < 1.29 is 9.90 Å². The zero-order valence-corrected chi connectivity index (χ0v) is 10.6. The lowest BCUT2D eigenvalue weighted by Gasteiger charge is -2.11. The Kier molecular flexibility index (Phi) is 2.41. The van der Waals surface area contributed by atoms with Gasteiger partial charge < -0.3 is 15.0 Å². The number of nitrogens with one attached hydrogen (secondary N) is 1. The van der Waals surface area contributed by atoms with Crippen molar-refractivity contribution in [2.24, 2.45) is 0 Å². The van der Waals surface area contributed by atoms with E-state index >= 15 is 0 Å². The third kappa shape index (κ3) is 1.79. The van der Waals surface area contributed by atoms with Gasteiger partial charge in [0.25, 0.3) is 0 Å². The minimum Gasteiger partial charge on any atom is -0.477 e. The SMILES string of the molecule is CN(C)c1ccc2[nH]c3cnc(C(=O)O)cc3c2c1. The number of anilines is 1. The summed E-state index contributed by atoms with van der Waals surface area (Å²) in [6.45, 7) is 0. The molecule has 19 heavy (non-hydrogen) atoms. The molecule has 2 N–H and O–H groups in total. The van der Waals surface area contributed by atoms with Gasteiger partial charge in [-0.15, -0.1) is 0 Å². The molecule has 2 heterocycles. The largest absolute Gasteiger partial charge is 0.477 e. The van der Waals surface area contributed by atoms with Crippen LogP contribution in [0.25, 0.3) is 21.8 Å². The molecule has 96 valence electrons. The Hall–Kier alpha value is -2.56. The number of fused-ring (bicyclic) bond motifs is 3. The maximum atomic E-state index is 11.0. The number of carboxylic acid groups (broad SMARTS) is 1. The topological polar surface area (TPSA) is 69.2 Å². The van der Waals surface area contributed by atoms with Crippen molar-refractivity contribution in [3.63, 3.8) is 0 Å². The third-order valence-corrected chi connectivity index (χ3v) is 3.20. The van der Waals surface area contributed by atoms with Crippen LogP contribution in [0.15, 0.2) is 30.5 Å². The normalized spacial score (nSPS) is 11.1. The lowest BCUT2D eigenvalue weighted by molar-refractivity contribution is 0.0691. The van der Waals surface area contributed by atoms with E-state index in [0.717, 1.165) is 27.5 Å². The average Bonchev–Trinajstić information content (AvgIpc) is 2.75. The highest BCUT2D eigenvalue weighted by molar-refractivity contribution is 6.09. The lowest BCUT2D eigenvalue weighted by atomic mass is 10.1. The minimum atomic E-state index is -1.01. The predicted molar refractivity (Wildman–Crippen MR) is 74.9 cm³/mol. The summed E-state index contributed by atoms with van der Waals surface area (Å²) in [5.74, 6) is -1.01. The van der Waals surface area contributed by atoms with Crippen LogP contribution in [0.1, 0.15) is 10.5 Å². The van der Waals surface area contributed by atoms with Crippen molar-refractivity contribution in [1.29, 1.82) is 0 Å². The number of pyridine rings is 1. The van der Waals surface area contributed by atoms with Gasteiger partial charge in [-0.2, -0.15) is 0 Å². The summed E-state index contributed by atoms with van der Waals surface area (Å²) in [5, 5.41) is 10.9. The smallest absolute Gasteiger partial charge is 0.354 e. The van der Waals surface area contributed by atoms with E-state index in [2.05, 4.69) is 9.97 Å². The molecule has 0 radical (unpaired) electrons. The highest BCUT2D eigenvalue weighted by atomic mass is 16.4. The van der Waals surface area contributed by atoms with E-state index in [-0.39, 0.29) is 5.69 Å². The molecule has 0 aliphatic carbocycles. The Labute approximate surface area is 109 Å². The summed E-state index contributed by atoms with van der Waals surface area (Å²) >= 11 is 0. The highest BCUT2D eigenvalue weighted by Gasteiger charge is 2.10. The van der Waals surface area contributed by atoms with E-state index in [0.29, 0.717) is 0 Å². The molecule has 0 aliphatic rings. The molecule has 2 aromatic heterocycles. The van der Waals surface area contributed by atoms with Gasteiger partial charge in [-0.1, -0.05) is 0 Å². The molecular formula is C14H13N3O2. The molecule has 0 spiro atoms. The summed E-state index contributed by atoms with van der Waals surface area (Å²) in [5.41, 5.74) is 2.95. The van der Waals surface area contributed by atoms with Crippen LogP contribution in [0.4, 0.5) is 5.69 Å². The lowest BCUT2D eigenvalue weighted by Crippen LogP contribution is -2.07. The van der Waals surface area contributed by atoms with Crippen molar-refractivity contribution in [3.8, 4) is 0 Å². The maximum absolute atomic E-state index is 11.0. The summed E-state index contributed by atoms with van der Waals surface area (Å²) < 4.78 is 0. The Bertz CT molecular complexity index is 790. The fraction of sp³-hybridized carbons (Fsp3) is 0.143. The number of rotatable bonds is 2. The fourth-order valence-corrected chi connectivity index (χ4v) is 2.18. The molecule has 0 amide bonds. The second kappa shape index (κ2) is 3.98. The van der Waals surface area contributed by atoms with Gasteiger partial charge in [0, 0.05) is 36.1 Å². The number of nitrogens with zero attached hydrogens (tertiary/aromatic N) is 2. The number of aromatic carboxylic acids is 1. The third-order valence-electron chi connectivity index (χ3n) is 3.20. The van der Waals surface area contributed by atoms with Crippen LogP contribution in [-0.4, -0.2) is 35.1 Å². The van der Waals surface area contributed by atoms with Crippen LogP contribution < -0.4 is 4.90 Å². The highest BCUT2D eigenvalue weighted by Crippen LogP contribution is 2.28. The molecule has 3 aromatic rings. The molecule has 0 saturated heterocycles. The Balaban J connectivity index is 2.34. The standard InChI is InChI=1S/C14H13N3O2/c1-17(2)8-3-4-11-9(5-8)10-6-12(14(18)19)15-7-13(10)16-11/h3-7,16H,1-2H3,(H,18,19). The van der Waals surface area contributed by atoms with Gasteiger partial charge in [-0.25, -0.2) is 9.78 Å². The first-order valence-electron chi connectivity index (χ1n) is 5.88. The van der Waals surface area contributed by atoms with Crippen LogP contribution >= 0.6 is 0 Å². The van der Waals surface area contributed by atoms with E-state index in [9.17, 15) is 4.79 Å². The molecule has 5 nitrogen and oxygen atoms in total. The number of hydrogen-bond acceptors (Lipinski definition) is 3. The average molecular weight is 255 g/mol. The van der Waals surface area contributed by atoms with Crippen LogP contribution in [0.2, 0.25) is 0 Å². The van der Waals surface area contributed by atoms with Crippen LogP contribution in [0.3, 0.4) is 0 Å². The molecule has 1 aromatic carbocycles. The monoisotopic (exact) mass is 255 g/mol. The molecule has 0 atom stereocenters. The van der Waals surface area contributed by atoms with Gasteiger partial charge in [0.2, 0.25) is 0 Å². The van der Waals surface area contributed by atoms with Gasteiger partial charge in [0.05, 0.1) is 11.7 Å². The molecular weight excluding hydrogens is 242 g/mol. The van der Waals surface area contributed by atoms with Gasteiger partial charge in [0.15, 0.2) is 0 Å². The molecule has 0 aliphatic heterocycles. The van der Waals surface area contributed by atoms with Gasteiger partial charge in [0.1, 0.15) is 5.69 Å². The van der Waals surface area contributed by atoms with Crippen molar-refractivity contribution in [3.05, 3.63) is 36.2 Å². The first-order chi connectivity index (χ1) is 9.06. The number of hydrogen-bond donors (Lipinski definition) is 2. The minimum absolute atomic E-state index is 0.0589.